The molecule has 0 bridgehead atoms. The largest absolute Gasteiger partial charge is 1.00 e. The predicted octanol–water partition coefficient (Wildman–Crippen LogP) is 0.767. The summed E-state index contributed by atoms with van der Waals surface area (Å²) in [5.41, 5.74) is 0.951. The van der Waals surface area contributed by atoms with E-state index in [0.717, 1.165) is 23.8 Å². The second-order valence-electron chi connectivity index (χ2n) is 5.89. The van der Waals surface area contributed by atoms with Crippen molar-refractivity contribution in [2.45, 2.75) is 16.7 Å². The van der Waals surface area contributed by atoms with Crippen LogP contribution in [0.4, 0.5) is 11.4 Å². The van der Waals surface area contributed by atoms with Crippen molar-refractivity contribution in [3.05, 3.63) is 54.1 Å². The van der Waals surface area contributed by atoms with E-state index in [1.54, 1.807) is 31.2 Å². The minimum Gasteiger partial charge on any atom is -0.504 e. The summed E-state index contributed by atoms with van der Waals surface area (Å²) in [5.74, 6) is -0.841. The maximum atomic E-state index is 11.6. The number of rotatable bonds is 4. The van der Waals surface area contributed by atoms with Gasteiger partial charge in [-0.1, -0.05) is 24.3 Å². The second kappa shape index (κ2) is 8.48. The van der Waals surface area contributed by atoms with Gasteiger partial charge in [0.2, 0.25) is 0 Å². The van der Waals surface area contributed by atoms with Gasteiger partial charge in [0.15, 0.2) is 5.75 Å². The van der Waals surface area contributed by atoms with Gasteiger partial charge in [-0.05, 0) is 42.1 Å². The summed E-state index contributed by atoms with van der Waals surface area (Å²) in [5, 5.41) is 18.4. The number of phenolic OH excluding ortho intramolecular Hbond substituents is 1. The van der Waals surface area contributed by atoms with Crippen LogP contribution in [0.15, 0.2) is 68.6 Å². The Morgan fingerprint density at radius 1 is 0.862 bits per heavy atom. The molecule has 3 rings (SSSR count). The van der Waals surface area contributed by atoms with Crippen LogP contribution in [0.5, 0.6) is 5.75 Å². The van der Waals surface area contributed by atoms with Gasteiger partial charge in [-0.2, -0.15) is 21.9 Å². The van der Waals surface area contributed by atoms with E-state index in [4.69, 9.17) is 0 Å². The molecule has 0 spiro atoms. The number of hydrogen-bond acceptors (Lipinski definition) is 7. The van der Waals surface area contributed by atoms with Crippen molar-refractivity contribution in [2.24, 2.45) is 10.2 Å². The van der Waals surface area contributed by atoms with Crippen molar-refractivity contribution in [1.82, 2.24) is 0 Å². The van der Waals surface area contributed by atoms with Gasteiger partial charge >= 0.3 is 29.6 Å². The van der Waals surface area contributed by atoms with Crippen LogP contribution in [0.1, 0.15) is 5.56 Å². The zero-order valence-corrected chi connectivity index (χ0v) is 18.9. The SMILES string of the molecule is Cc1ccccc1N=Nc1c(O)c(S(=O)(=O)O)cc2cc(S(=O)(=O)O)ccc12.[Na+]. The number of benzene rings is 3. The third kappa shape index (κ3) is 5.01. The van der Waals surface area contributed by atoms with Gasteiger partial charge in [-0.25, -0.2) is 0 Å². The molecule has 0 atom stereocenters. The number of aryl methyl sites for hydroxylation is 1. The Hall–Kier alpha value is -1.86. The van der Waals surface area contributed by atoms with Crippen LogP contribution in [-0.2, 0) is 20.2 Å². The minimum atomic E-state index is -4.85. The number of aromatic hydroxyl groups is 1. The van der Waals surface area contributed by atoms with Gasteiger partial charge in [0, 0.05) is 5.39 Å². The summed E-state index contributed by atoms with van der Waals surface area (Å²) in [4.78, 5) is -1.36. The summed E-state index contributed by atoms with van der Waals surface area (Å²) in [6, 6.07) is 11.1. The van der Waals surface area contributed by atoms with Crippen molar-refractivity contribution in [3.63, 3.8) is 0 Å². The molecule has 0 aliphatic rings. The number of nitrogens with zero attached hydrogens (tertiary/aromatic N) is 2. The predicted molar refractivity (Wildman–Crippen MR) is 101 cm³/mol. The Bertz CT molecular complexity index is 1340. The first-order valence-electron chi connectivity index (χ1n) is 7.70. The molecule has 0 unspecified atom stereocenters. The van der Waals surface area contributed by atoms with E-state index in [1.165, 1.54) is 6.07 Å². The van der Waals surface area contributed by atoms with Gasteiger partial charge < -0.3 is 5.11 Å². The molecule has 0 radical (unpaired) electrons. The molecule has 29 heavy (non-hydrogen) atoms. The Balaban J connectivity index is 0.00000300. The summed E-state index contributed by atoms with van der Waals surface area (Å²) >= 11 is 0. The molecule has 0 heterocycles. The Morgan fingerprint density at radius 3 is 2.10 bits per heavy atom. The molecule has 0 aliphatic carbocycles. The smallest absolute Gasteiger partial charge is 0.504 e. The second-order valence-corrected chi connectivity index (χ2v) is 8.70. The average Bonchev–Trinajstić information content (AvgIpc) is 2.59. The van der Waals surface area contributed by atoms with Crippen LogP contribution in [0, 0.1) is 6.92 Å². The average molecular weight is 445 g/mol. The van der Waals surface area contributed by atoms with Gasteiger partial charge in [0.05, 0.1) is 10.6 Å². The molecule has 12 heteroatoms. The van der Waals surface area contributed by atoms with Gasteiger partial charge in [0.25, 0.3) is 20.2 Å². The maximum absolute atomic E-state index is 11.6. The van der Waals surface area contributed by atoms with Gasteiger partial charge in [-0.3, -0.25) is 9.11 Å². The fourth-order valence-corrected chi connectivity index (χ4v) is 3.70. The molecule has 0 aliphatic heterocycles. The van der Waals surface area contributed by atoms with Crippen molar-refractivity contribution in [1.29, 1.82) is 0 Å². The maximum Gasteiger partial charge on any atom is 1.00 e. The molecule has 0 amide bonds. The molecule has 0 saturated heterocycles. The normalized spacial score (nSPS) is 12.2. The van der Waals surface area contributed by atoms with Crippen molar-refractivity contribution in [2.75, 3.05) is 0 Å². The van der Waals surface area contributed by atoms with Gasteiger partial charge in [-0.15, -0.1) is 5.11 Å². The fourth-order valence-electron chi connectivity index (χ4n) is 2.57. The van der Waals surface area contributed by atoms with Crippen molar-refractivity contribution >= 4 is 42.4 Å². The van der Waals surface area contributed by atoms with Crippen molar-refractivity contribution < 1.29 is 60.6 Å². The molecule has 3 aromatic carbocycles. The van der Waals surface area contributed by atoms with E-state index in [0.29, 0.717) is 5.69 Å². The van der Waals surface area contributed by atoms with E-state index in [1.807, 2.05) is 0 Å². The van der Waals surface area contributed by atoms with Crippen LogP contribution in [0.3, 0.4) is 0 Å². The third-order valence-electron chi connectivity index (χ3n) is 3.97. The summed E-state index contributed by atoms with van der Waals surface area (Å²) in [6.07, 6.45) is 0. The first-order chi connectivity index (χ1) is 13.0. The number of phenols is 1. The van der Waals surface area contributed by atoms with Crippen LogP contribution in [0.2, 0.25) is 0 Å². The Labute approximate surface area is 188 Å². The fraction of sp³-hybridized carbons (Fsp3) is 0.0588. The standard InChI is InChI=1S/C17H14N2O7S2.Na/c1-10-4-2-3-5-14(10)18-19-16-13-7-6-12(27(21,22)23)8-11(13)9-15(17(16)20)28(24,25)26;/h2-9,20H,1H3,(H,21,22,23)(H,24,25,26);/q;+1. The molecular formula is C17H14N2NaO7S2+. The van der Waals surface area contributed by atoms with Crippen LogP contribution >= 0.6 is 0 Å². The number of fused-ring (bicyclic) bond motifs is 1. The molecule has 0 fully saturated rings. The van der Waals surface area contributed by atoms with Crippen LogP contribution in [-0.4, -0.2) is 31.0 Å². The van der Waals surface area contributed by atoms with Gasteiger partial charge in [0.1, 0.15) is 10.6 Å². The molecular weight excluding hydrogens is 431 g/mol. The summed E-state index contributed by atoms with van der Waals surface area (Å²) < 4.78 is 64.5. The molecule has 0 saturated carbocycles. The summed E-state index contributed by atoms with van der Waals surface area (Å²) in [7, 11) is -9.41. The molecule has 0 aromatic heterocycles. The number of azo groups is 1. The van der Waals surface area contributed by atoms with E-state index in [9.17, 15) is 31.0 Å². The number of hydrogen-bond donors (Lipinski definition) is 3. The van der Waals surface area contributed by atoms with E-state index in [2.05, 4.69) is 10.2 Å². The monoisotopic (exact) mass is 445 g/mol. The minimum absolute atomic E-state index is 0. The third-order valence-corrected chi connectivity index (χ3v) is 5.69. The van der Waals surface area contributed by atoms with E-state index in [-0.39, 0.29) is 46.0 Å². The zero-order valence-electron chi connectivity index (χ0n) is 15.3. The van der Waals surface area contributed by atoms with E-state index < -0.39 is 35.8 Å². The molecule has 9 nitrogen and oxygen atoms in total. The van der Waals surface area contributed by atoms with Crippen LogP contribution in [0.25, 0.3) is 10.8 Å². The molecule has 146 valence electrons. The quantitative estimate of drug-likeness (QED) is 0.304. The van der Waals surface area contributed by atoms with Crippen LogP contribution < -0.4 is 29.6 Å². The molecule has 3 N–H and O–H groups in total. The Kier molecular flexibility index (Phi) is 6.85. The van der Waals surface area contributed by atoms with Crippen molar-refractivity contribution in [3.8, 4) is 5.75 Å². The Morgan fingerprint density at radius 2 is 1.52 bits per heavy atom. The first-order valence-corrected chi connectivity index (χ1v) is 10.6. The molecule has 3 aromatic rings. The summed E-state index contributed by atoms with van der Waals surface area (Å²) in [6.45, 7) is 1.78. The zero-order chi connectivity index (χ0) is 20.7. The first kappa shape index (κ1) is 23.4. The topological polar surface area (TPSA) is 154 Å². The van der Waals surface area contributed by atoms with E-state index >= 15 is 0 Å².